The molecule has 2 heterocycles. The molecule has 10 heteroatoms. The zero-order chi connectivity index (χ0) is 22.4. The quantitative estimate of drug-likeness (QED) is 0.569. The van der Waals surface area contributed by atoms with Gasteiger partial charge in [-0.2, -0.15) is 9.57 Å². The van der Waals surface area contributed by atoms with Gasteiger partial charge in [0.05, 0.1) is 12.6 Å². The Morgan fingerprint density at radius 2 is 2.07 bits per heavy atom. The Hall–Kier alpha value is -2.22. The predicted octanol–water partition coefficient (Wildman–Crippen LogP) is 1.41. The van der Waals surface area contributed by atoms with Crippen molar-refractivity contribution >= 4 is 21.7 Å². The van der Waals surface area contributed by atoms with E-state index in [4.69, 9.17) is 5.26 Å². The van der Waals surface area contributed by atoms with Gasteiger partial charge in [-0.15, -0.1) is 0 Å². The van der Waals surface area contributed by atoms with Crippen molar-refractivity contribution in [3.05, 3.63) is 18.3 Å². The minimum atomic E-state index is -3.53. The molecule has 30 heavy (non-hydrogen) atoms. The molecule has 2 rings (SSSR count). The average Bonchev–Trinajstić information content (AvgIpc) is 3.21. The van der Waals surface area contributed by atoms with E-state index in [1.807, 2.05) is 13.8 Å². The number of likely N-dealkylation sites (tertiary alicyclic amines) is 1. The Morgan fingerprint density at radius 3 is 2.63 bits per heavy atom. The van der Waals surface area contributed by atoms with Crippen LogP contribution in [0.2, 0.25) is 0 Å². The Balaban J connectivity index is 1.90. The Kier molecular flexibility index (Phi) is 8.18. The number of hydrogen-bond donors (Lipinski definition) is 2. The summed E-state index contributed by atoms with van der Waals surface area (Å²) in [5.41, 5.74) is -0.412. The van der Waals surface area contributed by atoms with Crippen molar-refractivity contribution in [3.63, 3.8) is 0 Å². The average molecular weight is 437 g/mol. The SMILES string of the molecule is CCN(CC)S(=O)(=O)c1ccc(NCC(C)(C)NCC(=O)N2CCC[C@H]2C#N)nc1. The molecule has 0 unspecified atom stereocenters. The van der Waals surface area contributed by atoms with Crippen LogP contribution in [0.3, 0.4) is 0 Å². The summed E-state index contributed by atoms with van der Waals surface area (Å²) in [7, 11) is -3.53. The molecule has 1 amide bonds. The van der Waals surface area contributed by atoms with Crippen LogP contribution in [0.25, 0.3) is 0 Å². The molecule has 9 nitrogen and oxygen atoms in total. The smallest absolute Gasteiger partial charge is 0.244 e. The Labute approximate surface area is 179 Å². The van der Waals surface area contributed by atoms with Crippen LogP contribution < -0.4 is 10.6 Å². The normalized spacial score (nSPS) is 17.2. The number of rotatable bonds is 10. The van der Waals surface area contributed by atoms with Crippen molar-refractivity contribution in [1.82, 2.24) is 19.5 Å². The van der Waals surface area contributed by atoms with Gasteiger partial charge < -0.3 is 15.5 Å². The van der Waals surface area contributed by atoms with Crippen LogP contribution in [0.1, 0.15) is 40.5 Å². The fourth-order valence-corrected chi connectivity index (χ4v) is 4.74. The van der Waals surface area contributed by atoms with Gasteiger partial charge in [-0.1, -0.05) is 13.8 Å². The molecular formula is C20H32N6O3S. The summed E-state index contributed by atoms with van der Waals surface area (Å²) in [5, 5.41) is 15.5. The summed E-state index contributed by atoms with van der Waals surface area (Å²) in [6.45, 7) is 9.59. The second kappa shape index (κ2) is 10.2. The molecule has 1 aliphatic heterocycles. The van der Waals surface area contributed by atoms with Crippen LogP contribution in [0.5, 0.6) is 0 Å². The van der Waals surface area contributed by atoms with Crippen molar-refractivity contribution in [2.45, 2.75) is 57.0 Å². The van der Waals surface area contributed by atoms with Crippen molar-refractivity contribution in [2.24, 2.45) is 0 Å². The molecular weight excluding hydrogens is 404 g/mol. The van der Waals surface area contributed by atoms with Crippen molar-refractivity contribution in [2.75, 3.05) is 38.0 Å². The molecule has 0 radical (unpaired) electrons. The molecule has 0 spiro atoms. The van der Waals surface area contributed by atoms with Gasteiger partial charge in [0.25, 0.3) is 0 Å². The highest BCUT2D eigenvalue weighted by Crippen LogP contribution is 2.18. The lowest BCUT2D eigenvalue weighted by Gasteiger charge is -2.28. The fraction of sp³-hybridized carbons (Fsp3) is 0.650. The Bertz CT molecular complexity index is 860. The maximum atomic E-state index is 12.5. The third-order valence-electron chi connectivity index (χ3n) is 5.23. The fourth-order valence-electron chi connectivity index (χ4n) is 3.34. The van der Waals surface area contributed by atoms with E-state index in [2.05, 4.69) is 21.7 Å². The number of carbonyl (C=O) groups excluding carboxylic acids is 1. The van der Waals surface area contributed by atoms with E-state index in [-0.39, 0.29) is 23.4 Å². The molecule has 166 valence electrons. The maximum absolute atomic E-state index is 12.5. The summed E-state index contributed by atoms with van der Waals surface area (Å²) in [6.07, 6.45) is 2.95. The van der Waals surface area contributed by atoms with Gasteiger partial charge in [0, 0.05) is 37.9 Å². The van der Waals surface area contributed by atoms with Crippen molar-refractivity contribution < 1.29 is 13.2 Å². The lowest BCUT2D eigenvalue weighted by atomic mass is 10.1. The summed E-state index contributed by atoms with van der Waals surface area (Å²) in [6, 6.07) is 5.04. The van der Waals surface area contributed by atoms with E-state index in [9.17, 15) is 13.2 Å². The first-order valence-electron chi connectivity index (χ1n) is 10.3. The summed E-state index contributed by atoms with van der Waals surface area (Å²) in [5.74, 6) is 0.481. The van der Waals surface area contributed by atoms with Gasteiger partial charge in [-0.05, 0) is 38.8 Å². The summed E-state index contributed by atoms with van der Waals surface area (Å²) < 4.78 is 26.4. The van der Waals surface area contributed by atoms with Gasteiger partial charge in [-0.3, -0.25) is 4.79 Å². The minimum Gasteiger partial charge on any atom is -0.368 e. The molecule has 0 saturated carbocycles. The first-order valence-corrected chi connectivity index (χ1v) is 11.7. The number of pyridine rings is 1. The molecule has 2 N–H and O–H groups in total. The number of aromatic nitrogens is 1. The van der Waals surface area contributed by atoms with Crippen LogP contribution in [0.15, 0.2) is 23.2 Å². The van der Waals surface area contributed by atoms with E-state index in [1.165, 1.54) is 10.5 Å². The molecule has 1 aromatic heterocycles. The predicted molar refractivity (Wildman–Crippen MR) is 115 cm³/mol. The van der Waals surface area contributed by atoms with E-state index < -0.39 is 15.6 Å². The van der Waals surface area contributed by atoms with Crippen LogP contribution in [-0.2, 0) is 14.8 Å². The highest BCUT2D eigenvalue weighted by molar-refractivity contribution is 7.89. The molecule has 1 atom stereocenters. The number of nitrogens with zero attached hydrogens (tertiary/aromatic N) is 4. The van der Waals surface area contributed by atoms with E-state index in [1.54, 1.807) is 30.9 Å². The molecule has 1 saturated heterocycles. The molecule has 0 bridgehead atoms. The molecule has 0 aliphatic carbocycles. The van der Waals surface area contributed by atoms with E-state index in [0.29, 0.717) is 32.0 Å². The van der Waals surface area contributed by atoms with Crippen molar-refractivity contribution in [3.8, 4) is 6.07 Å². The number of carbonyl (C=O) groups is 1. The summed E-state index contributed by atoms with van der Waals surface area (Å²) in [4.78, 5) is 18.4. The molecule has 1 aliphatic rings. The number of sulfonamides is 1. The van der Waals surface area contributed by atoms with E-state index in [0.717, 1.165) is 12.8 Å². The standard InChI is InChI=1S/C20H32N6O3S/c1-5-25(6-2)30(28,29)17-9-10-18(22-13-17)23-15-20(3,4)24-14-19(27)26-11-7-8-16(26)12-21/h9-10,13,16,24H,5-8,11,14-15H2,1-4H3,(H,22,23)/t16-/m0/s1. The maximum Gasteiger partial charge on any atom is 0.244 e. The zero-order valence-corrected chi connectivity index (χ0v) is 19.0. The highest BCUT2D eigenvalue weighted by Gasteiger charge is 2.29. The van der Waals surface area contributed by atoms with Gasteiger partial charge >= 0.3 is 0 Å². The first-order chi connectivity index (χ1) is 14.1. The van der Waals surface area contributed by atoms with Gasteiger partial charge in [0.15, 0.2) is 0 Å². The van der Waals surface area contributed by atoms with Crippen LogP contribution in [0, 0.1) is 11.3 Å². The number of anilines is 1. The summed E-state index contributed by atoms with van der Waals surface area (Å²) >= 11 is 0. The minimum absolute atomic E-state index is 0.0730. The third kappa shape index (κ3) is 5.90. The number of hydrogen-bond acceptors (Lipinski definition) is 7. The van der Waals surface area contributed by atoms with Gasteiger partial charge in [-0.25, -0.2) is 13.4 Å². The zero-order valence-electron chi connectivity index (χ0n) is 18.2. The largest absolute Gasteiger partial charge is 0.368 e. The van der Waals surface area contributed by atoms with Crippen LogP contribution in [0.4, 0.5) is 5.82 Å². The highest BCUT2D eigenvalue weighted by atomic mass is 32.2. The van der Waals surface area contributed by atoms with Crippen LogP contribution in [-0.4, -0.2) is 72.8 Å². The topological polar surface area (TPSA) is 118 Å². The van der Waals surface area contributed by atoms with Crippen molar-refractivity contribution in [1.29, 1.82) is 5.26 Å². The van der Waals surface area contributed by atoms with Gasteiger partial charge in [0.1, 0.15) is 16.8 Å². The monoisotopic (exact) mass is 436 g/mol. The van der Waals surface area contributed by atoms with E-state index >= 15 is 0 Å². The number of nitriles is 1. The molecule has 0 aromatic carbocycles. The lowest BCUT2D eigenvalue weighted by molar-refractivity contribution is -0.130. The second-order valence-electron chi connectivity index (χ2n) is 7.93. The molecule has 1 fully saturated rings. The second-order valence-corrected chi connectivity index (χ2v) is 9.87. The third-order valence-corrected chi connectivity index (χ3v) is 7.26. The first kappa shape index (κ1) is 24.1. The number of amides is 1. The number of nitrogens with one attached hydrogen (secondary N) is 2. The Morgan fingerprint density at radius 1 is 1.37 bits per heavy atom. The molecule has 1 aromatic rings. The lowest BCUT2D eigenvalue weighted by Crippen LogP contribution is -2.50. The van der Waals surface area contributed by atoms with Gasteiger partial charge in [0.2, 0.25) is 15.9 Å². The van der Waals surface area contributed by atoms with Crippen LogP contribution >= 0.6 is 0 Å².